The highest BCUT2D eigenvalue weighted by atomic mass is 16.6. The van der Waals surface area contributed by atoms with Gasteiger partial charge in [-0.05, 0) is 61.9 Å². The second-order valence-electron chi connectivity index (χ2n) is 18.6. The van der Waals surface area contributed by atoms with Crippen LogP contribution in [0.1, 0.15) is 75.8 Å². The minimum atomic E-state index is -2.33. The van der Waals surface area contributed by atoms with Gasteiger partial charge in [-0.3, -0.25) is 19.3 Å². The van der Waals surface area contributed by atoms with Crippen LogP contribution in [0.2, 0.25) is 0 Å². The predicted octanol–water partition coefficient (Wildman–Crippen LogP) is 4.42. The van der Waals surface area contributed by atoms with Crippen molar-refractivity contribution >= 4 is 40.5 Å². The number of carbonyl (C=O) groups excluding carboxylic acids is 4. The van der Waals surface area contributed by atoms with Crippen molar-refractivity contribution in [1.29, 1.82) is 0 Å². The standard InChI is InChI=1S/C48H60N4O10/c1-9-29-25-51-20-16-32-31-14-11-12-15-35(31)49-39(32)47(43(55)59-7,24-30(26-51)38(29)61-27(3)53)34-22-33-36(23-37(34)58-6)50(5)41-46(33)18-21-52-19-13-17-45(10-2,40(46)52)42(62-28(4)54)48(41,57)44(56)60-8/h11-15,17,22-23,29-30,38,40-42,49,57H,9-10,16,18-21,24-26H2,1-8H3/t29-,30-,38-,40-,41+,42+,45+,46+,47-,48-/m0/s1. The molecule has 11 atom stereocenters. The molecule has 332 valence electrons. The lowest BCUT2D eigenvalue weighted by atomic mass is 9.47. The number of piperidine rings is 1. The number of carbonyl (C=O) groups is 4. The molecule has 1 spiro atoms. The maximum Gasteiger partial charge on any atom is 0.344 e. The molecule has 2 aromatic carbocycles. The van der Waals surface area contributed by atoms with Crippen LogP contribution in [0.15, 0.2) is 48.6 Å². The van der Waals surface area contributed by atoms with Crippen LogP contribution in [0.4, 0.5) is 5.69 Å². The van der Waals surface area contributed by atoms with Crippen molar-refractivity contribution < 1.29 is 48.0 Å². The molecule has 14 heteroatoms. The Morgan fingerprint density at radius 1 is 0.919 bits per heavy atom. The van der Waals surface area contributed by atoms with Crippen molar-refractivity contribution in [3.8, 4) is 5.75 Å². The Labute approximate surface area is 362 Å². The number of rotatable bonds is 8. The van der Waals surface area contributed by atoms with E-state index in [0.29, 0.717) is 55.9 Å². The van der Waals surface area contributed by atoms with Crippen molar-refractivity contribution in [2.75, 3.05) is 66.0 Å². The Kier molecular flexibility index (Phi) is 10.3. The van der Waals surface area contributed by atoms with Gasteiger partial charge in [-0.15, -0.1) is 0 Å². The fourth-order valence-corrected chi connectivity index (χ4v) is 13.8. The van der Waals surface area contributed by atoms with Gasteiger partial charge in [0.25, 0.3) is 0 Å². The van der Waals surface area contributed by atoms with E-state index in [1.54, 1.807) is 7.11 Å². The molecule has 3 aromatic rings. The molecular formula is C48H60N4O10. The second-order valence-corrected chi connectivity index (χ2v) is 18.6. The molecule has 5 aliphatic heterocycles. The average molecular weight is 853 g/mol. The Morgan fingerprint density at radius 2 is 1.66 bits per heavy atom. The van der Waals surface area contributed by atoms with E-state index in [1.807, 2.05) is 55.3 Å². The van der Waals surface area contributed by atoms with E-state index in [2.05, 4.69) is 33.8 Å². The number of nitrogens with one attached hydrogen (secondary N) is 1. The van der Waals surface area contributed by atoms with Crippen LogP contribution < -0.4 is 9.64 Å². The van der Waals surface area contributed by atoms with Crippen LogP contribution in [0.25, 0.3) is 10.9 Å². The fourth-order valence-electron chi connectivity index (χ4n) is 13.8. The lowest BCUT2D eigenvalue weighted by molar-refractivity contribution is -0.228. The Bertz CT molecular complexity index is 2360. The molecule has 1 aliphatic carbocycles. The minimum absolute atomic E-state index is 0.0331. The molecule has 62 heavy (non-hydrogen) atoms. The lowest BCUT2D eigenvalue weighted by Gasteiger charge is -2.63. The molecule has 0 radical (unpaired) electrons. The molecule has 2 saturated heterocycles. The molecule has 1 saturated carbocycles. The van der Waals surface area contributed by atoms with Crippen LogP contribution >= 0.6 is 0 Å². The zero-order valence-corrected chi connectivity index (χ0v) is 37.1. The summed E-state index contributed by atoms with van der Waals surface area (Å²) in [5, 5.41) is 14.4. The number of hydrogen-bond donors (Lipinski definition) is 2. The summed E-state index contributed by atoms with van der Waals surface area (Å²) in [4.78, 5) is 66.4. The Morgan fingerprint density at radius 3 is 2.34 bits per heavy atom. The summed E-state index contributed by atoms with van der Waals surface area (Å²) in [6.45, 7) is 10.2. The quantitative estimate of drug-likeness (QED) is 0.187. The van der Waals surface area contributed by atoms with Gasteiger partial charge in [0.2, 0.25) is 5.60 Å². The number of aromatic amines is 1. The summed E-state index contributed by atoms with van der Waals surface area (Å²) in [6, 6.07) is 10.8. The van der Waals surface area contributed by atoms with Gasteiger partial charge in [-0.1, -0.05) is 44.2 Å². The SMILES string of the molecule is CC[C@H]1CN2CCc3c([nH]c4ccccc34)[C@@](C(=O)OC)(c3cc4c(cc3OC)N(C)[C@H]3[C@@](O)(C(=O)OC)[C@H](OC(C)=O)[C@]5(CC)C=CCN6CC[C@]43[C@@H]65)C[C@@H](C2)[C@H]1OC(C)=O. The fraction of sp³-hybridized carbons (Fsp3) is 0.583. The maximum atomic E-state index is 15.5. The monoisotopic (exact) mass is 852 g/mol. The molecular weight excluding hydrogens is 793 g/mol. The van der Waals surface area contributed by atoms with Gasteiger partial charge >= 0.3 is 23.9 Å². The van der Waals surface area contributed by atoms with Crippen molar-refractivity contribution in [3.05, 3.63) is 70.9 Å². The first-order chi connectivity index (χ1) is 29.7. The number of anilines is 1. The average Bonchev–Trinajstić information content (AvgIpc) is 3.93. The van der Waals surface area contributed by atoms with Gasteiger partial charge < -0.3 is 43.6 Å². The molecule has 1 unspecified atom stereocenters. The number of hydrogen-bond acceptors (Lipinski definition) is 13. The van der Waals surface area contributed by atoms with Gasteiger partial charge in [0.1, 0.15) is 17.3 Å². The Hall–Kier alpha value is -4.92. The van der Waals surface area contributed by atoms with Crippen LogP contribution in [-0.4, -0.2) is 135 Å². The number of H-pyrrole nitrogens is 1. The molecule has 1 aromatic heterocycles. The van der Waals surface area contributed by atoms with Crippen molar-refractivity contribution in [1.82, 2.24) is 14.8 Å². The van der Waals surface area contributed by atoms with Crippen LogP contribution in [-0.2, 0) is 55.4 Å². The molecule has 6 heterocycles. The highest BCUT2D eigenvalue weighted by Gasteiger charge is 2.80. The summed E-state index contributed by atoms with van der Waals surface area (Å²) in [5.74, 6) is -2.20. The third-order valence-electron chi connectivity index (χ3n) is 16.0. The van der Waals surface area contributed by atoms with E-state index >= 15 is 4.79 Å². The lowest BCUT2D eigenvalue weighted by Crippen LogP contribution is -2.81. The molecule has 6 aliphatic rings. The van der Waals surface area contributed by atoms with Crippen molar-refractivity contribution in [2.45, 2.75) is 101 Å². The molecule has 3 fully saturated rings. The third-order valence-corrected chi connectivity index (χ3v) is 16.0. The second kappa shape index (κ2) is 15.1. The number of aliphatic hydroxyl groups is 1. The highest BCUT2D eigenvalue weighted by Crippen LogP contribution is 2.68. The molecule has 0 amide bonds. The number of para-hydroxylation sites is 1. The van der Waals surface area contributed by atoms with Gasteiger partial charge in [0.05, 0.1) is 27.4 Å². The number of methoxy groups -OCH3 is 3. The summed E-state index contributed by atoms with van der Waals surface area (Å²) in [7, 11) is 6.10. The topological polar surface area (TPSA) is 160 Å². The first kappa shape index (κ1) is 42.4. The zero-order valence-electron chi connectivity index (χ0n) is 37.1. The number of nitrogens with zero attached hydrogens (tertiary/aromatic N) is 3. The smallest absolute Gasteiger partial charge is 0.344 e. The molecule has 2 N–H and O–H groups in total. The maximum absolute atomic E-state index is 15.5. The van der Waals surface area contributed by atoms with E-state index in [4.69, 9.17) is 23.7 Å². The number of fused-ring (bicyclic) bond motifs is 6. The van der Waals surface area contributed by atoms with Crippen molar-refractivity contribution in [2.24, 2.45) is 17.3 Å². The third kappa shape index (κ3) is 5.57. The van der Waals surface area contributed by atoms with E-state index < -0.39 is 58.0 Å². The molecule has 2 bridgehead atoms. The number of ether oxygens (including phenoxy) is 5. The van der Waals surface area contributed by atoms with E-state index in [0.717, 1.165) is 47.2 Å². The van der Waals surface area contributed by atoms with Gasteiger partial charge in [-0.25, -0.2) is 4.79 Å². The van der Waals surface area contributed by atoms with Crippen LogP contribution in [0, 0.1) is 17.3 Å². The number of aromatic nitrogens is 1. The van der Waals surface area contributed by atoms with E-state index in [1.165, 1.54) is 28.1 Å². The number of esters is 4. The summed E-state index contributed by atoms with van der Waals surface area (Å²) >= 11 is 0. The van der Waals surface area contributed by atoms with Crippen LogP contribution in [0.3, 0.4) is 0 Å². The highest BCUT2D eigenvalue weighted by molar-refractivity contribution is 5.95. The first-order valence-corrected chi connectivity index (χ1v) is 22.1. The van der Waals surface area contributed by atoms with E-state index in [-0.39, 0.29) is 30.3 Å². The minimum Gasteiger partial charge on any atom is -0.496 e. The molecule has 9 rings (SSSR count). The van der Waals surface area contributed by atoms with Gasteiger partial charge in [-0.2, -0.15) is 0 Å². The largest absolute Gasteiger partial charge is 0.496 e. The zero-order chi connectivity index (χ0) is 44.1. The molecule has 14 nitrogen and oxygen atoms in total. The normalized spacial score (nSPS) is 35.6. The van der Waals surface area contributed by atoms with Crippen LogP contribution in [0.5, 0.6) is 5.75 Å². The first-order valence-electron chi connectivity index (χ1n) is 22.1. The summed E-state index contributed by atoms with van der Waals surface area (Å²) in [5.41, 5.74) is -1.08. The van der Waals surface area contributed by atoms with Crippen molar-refractivity contribution in [3.63, 3.8) is 0 Å². The number of benzene rings is 2. The van der Waals surface area contributed by atoms with E-state index in [9.17, 15) is 19.5 Å². The van der Waals surface area contributed by atoms with Gasteiger partial charge in [0.15, 0.2) is 6.10 Å². The summed E-state index contributed by atoms with van der Waals surface area (Å²) in [6.07, 6.45) is 4.98. The number of likely N-dealkylation sites (N-methyl/N-ethyl adjacent to an activating group) is 1. The van der Waals surface area contributed by atoms with Gasteiger partial charge in [0, 0.05) is 110 Å². The predicted molar refractivity (Wildman–Crippen MR) is 230 cm³/mol. The Balaban J connectivity index is 1.37. The summed E-state index contributed by atoms with van der Waals surface area (Å²) < 4.78 is 30.3.